The van der Waals surface area contributed by atoms with Crippen molar-refractivity contribution in [1.29, 1.82) is 0 Å². The Morgan fingerprint density at radius 2 is 1.88 bits per heavy atom. The Bertz CT molecular complexity index is 1220. The van der Waals surface area contributed by atoms with Crippen LogP contribution in [0.3, 0.4) is 0 Å². The highest BCUT2D eigenvalue weighted by atomic mass is 35.5. The minimum Gasteiger partial charge on any atom is -0.467 e. The molecule has 32 heavy (non-hydrogen) atoms. The third-order valence-corrected chi connectivity index (χ3v) is 6.29. The van der Waals surface area contributed by atoms with Crippen molar-refractivity contribution in [2.75, 3.05) is 0 Å². The highest BCUT2D eigenvalue weighted by Crippen LogP contribution is 2.32. The molecule has 0 N–H and O–H groups in total. The van der Waals surface area contributed by atoms with E-state index >= 15 is 0 Å². The van der Waals surface area contributed by atoms with Crippen molar-refractivity contribution in [1.82, 2.24) is 4.90 Å². The summed E-state index contributed by atoms with van der Waals surface area (Å²) in [6.07, 6.45) is 8.63. The van der Waals surface area contributed by atoms with Gasteiger partial charge in [0, 0.05) is 5.56 Å². The van der Waals surface area contributed by atoms with Crippen LogP contribution in [0.15, 0.2) is 98.6 Å². The molecule has 5 nitrogen and oxygen atoms in total. The van der Waals surface area contributed by atoms with Crippen molar-refractivity contribution in [2.24, 2.45) is 10.2 Å². The van der Waals surface area contributed by atoms with Crippen LogP contribution in [0, 0.1) is 0 Å². The molecule has 0 saturated carbocycles. The summed E-state index contributed by atoms with van der Waals surface area (Å²) in [7, 11) is 0. The molecule has 2 heterocycles. The maximum absolute atomic E-state index is 13.0. The highest BCUT2D eigenvalue weighted by molar-refractivity contribution is 8.18. The third-order valence-electron chi connectivity index (χ3n) is 4.44. The fourth-order valence-corrected chi connectivity index (χ4v) is 4.11. The number of hydrogen-bond acceptors (Lipinski definition) is 5. The number of amides is 1. The normalized spacial score (nSPS) is 16.9. The lowest BCUT2D eigenvalue weighted by molar-refractivity contribution is -0.122. The van der Waals surface area contributed by atoms with Crippen molar-refractivity contribution in [3.8, 4) is 0 Å². The van der Waals surface area contributed by atoms with E-state index in [0.29, 0.717) is 31.4 Å². The lowest BCUT2D eigenvalue weighted by Crippen LogP contribution is -2.28. The van der Waals surface area contributed by atoms with Gasteiger partial charge < -0.3 is 4.42 Å². The van der Waals surface area contributed by atoms with Gasteiger partial charge in [-0.15, -0.1) is 5.10 Å². The Labute approximate surface area is 199 Å². The van der Waals surface area contributed by atoms with Crippen LogP contribution < -0.4 is 0 Å². The van der Waals surface area contributed by atoms with Gasteiger partial charge in [0.05, 0.1) is 34.0 Å². The first-order valence-corrected chi connectivity index (χ1v) is 11.2. The summed E-state index contributed by atoms with van der Waals surface area (Å²) in [5.74, 6) is 0.480. The second-order valence-electron chi connectivity index (χ2n) is 6.64. The Balaban J connectivity index is 1.58. The van der Waals surface area contributed by atoms with Crippen molar-refractivity contribution >= 4 is 58.3 Å². The first kappa shape index (κ1) is 22.1. The van der Waals surface area contributed by atoms with E-state index in [1.165, 1.54) is 22.9 Å². The summed E-state index contributed by atoms with van der Waals surface area (Å²) in [5.41, 5.74) is 1.68. The average molecular weight is 482 g/mol. The maximum Gasteiger partial charge on any atom is 0.267 e. The maximum atomic E-state index is 13.0. The zero-order valence-electron chi connectivity index (χ0n) is 16.7. The number of amidine groups is 1. The summed E-state index contributed by atoms with van der Waals surface area (Å²) in [6, 6.07) is 18.7. The van der Waals surface area contributed by atoms with Gasteiger partial charge in [-0.25, -0.2) is 0 Å². The van der Waals surface area contributed by atoms with Gasteiger partial charge in [0.25, 0.3) is 5.91 Å². The molecule has 160 valence electrons. The standard InChI is InChI=1S/C24H17Cl2N3O2S/c25-20-12-5-10-18(22(20)26)15-27-28-24-29(16-19-11-6-14-31-19)23(30)21(32-24)13-4-9-17-7-2-1-3-8-17/h1-15H,16H2/b9-4+,21-13-,27-15-,28-24+. The number of thioether (sulfide) groups is 1. The number of carbonyl (C=O) groups excluding carboxylic acids is 1. The summed E-state index contributed by atoms with van der Waals surface area (Å²) in [5, 5.41) is 9.67. The van der Waals surface area contributed by atoms with Crippen LogP contribution >= 0.6 is 35.0 Å². The second-order valence-corrected chi connectivity index (χ2v) is 8.44. The van der Waals surface area contributed by atoms with Crippen LogP contribution in [0.2, 0.25) is 10.0 Å². The molecular weight excluding hydrogens is 465 g/mol. The van der Waals surface area contributed by atoms with E-state index in [-0.39, 0.29) is 12.5 Å². The van der Waals surface area contributed by atoms with Gasteiger partial charge in [-0.2, -0.15) is 5.10 Å². The molecule has 1 aromatic heterocycles. The number of furan rings is 1. The highest BCUT2D eigenvalue weighted by Gasteiger charge is 2.33. The zero-order valence-corrected chi connectivity index (χ0v) is 19.0. The number of halogens is 2. The van der Waals surface area contributed by atoms with E-state index in [1.807, 2.05) is 48.6 Å². The molecular formula is C24H17Cl2N3O2S. The summed E-state index contributed by atoms with van der Waals surface area (Å²) in [4.78, 5) is 15.1. The van der Waals surface area contributed by atoms with Gasteiger partial charge in [0.15, 0.2) is 5.17 Å². The van der Waals surface area contributed by atoms with Crippen LogP contribution in [-0.4, -0.2) is 22.2 Å². The number of rotatable bonds is 6. The van der Waals surface area contributed by atoms with Crippen LogP contribution in [0.25, 0.3) is 6.08 Å². The Morgan fingerprint density at radius 3 is 2.66 bits per heavy atom. The predicted molar refractivity (Wildman–Crippen MR) is 132 cm³/mol. The molecule has 1 fully saturated rings. The molecule has 4 rings (SSSR count). The van der Waals surface area contributed by atoms with E-state index in [9.17, 15) is 4.79 Å². The van der Waals surface area contributed by atoms with Gasteiger partial charge in [0.1, 0.15) is 5.76 Å². The van der Waals surface area contributed by atoms with Gasteiger partial charge in [-0.3, -0.25) is 9.69 Å². The Hall–Kier alpha value is -3.06. The number of benzene rings is 2. The first-order valence-electron chi connectivity index (χ1n) is 9.62. The Morgan fingerprint density at radius 1 is 1.03 bits per heavy atom. The SMILES string of the molecule is O=C1/C(=C/C=C/c2ccccc2)S/C(=N/N=C\c2cccc(Cl)c2Cl)N1Cc1ccco1. The summed E-state index contributed by atoms with van der Waals surface area (Å²) in [6.45, 7) is 0.255. The van der Waals surface area contributed by atoms with Gasteiger partial charge in [-0.1, -0.05) is 77.8 Å². The minimum atomic E-state index is -0.168. The van der Waals surface area contributed by atoms with Crippen LogP contribution in [0.5, 0.6) is 0 Å². The number of allylic oxidation sites excluding steroid dienone is 2. The summed E-state index contributed by atoms with van der Waals surface area (Å²) < 4.78 is 5.41. The smallest absolute Gasteiger partial charge is 0.267 e. The van der Waals surface area contributed by atoms with Crippen molar-refractivity contribution in [3.05, 3.63) is 111 Å². The van der Waals surface area contributed by atoms with E-state index in [4.69, 9.17) is 27.6 Å². The molecule has 1 saturated heterocycles. The molecule has 0 bridgehead atoms. The van der Waals surface area contributed by atoms with Crippen LogP contribution in [0.4, 0.5) is 0 Å². The van der Waals surface area contributed by atoms with E-state index in [2.05, 4.69) is 10.2 Å². The van der Waals surface area contributed by atoms with Crippen molar-refractivity contribution < 1.29 is 9.21 Å². The molecule has 0 radical (unpaired) electrons. The third kappa shape index (κ3) is 5.40. The van der Waals surface area contributed by atoms with E-state index in [0.717, 1.165) is 5.56 Å². The minimum absolute atomic E-state index is 0.168. The second kappa shape index (κ2) is 10.5. The van der Waals surface area contributed by atoms with Gasteiger partial charge >= 0.3 is 0 Å². The molecule has 8 heteroatoms. The molecule has 0 atom stereocenters. The first-order chi connectivity index (χ1) is 15.6. The quantitative estimate of drug-likeness (QED) is 0.225. The molecule has 1 amide bonds. The van der Waals surface area contributed by atoms with E-state index < -0.39 is 0 Å². The van der Waals surface area contributed by atoms with Crippen LogP contribution in [-0.2, 0) is 11.3 Å². The molecule has 0 unspecified atom stereocenters. The monoisotopic (exact) mass is 481 g/mol. The van der Waals surface area contributed by atoms with Crippen molar-refractivity contribution in [3.63, 3.8) is 0 Å². The zero-order chi connectivity index (χ0) is 22.3. The molecule has 1 aliphatic heterocycles. The predicted octanol–water partition coefficient (Wildman–Crippen LogP) is 6.65. The number of carbonyl (C=O) groups is 1. The van der Waals surface area contributed by atoms with Gasteiger partial charge in [-0.05, 0) is 41.6 Å². The lowest BCUT2D eigenvalue weighted by Gasteiger charge is -2.12. The van der Waals surface area contributed by atoms with Crippen molar-refractivity contribution in [2.45, 2.75) is 6.54 Å². The molecule has 0 spiro atoms. The van der Waals surface area contributed by atoms with Crippen LogP contribution in [0.1, 0.15) is 16.9 Å². The fourth-order valence-electron chi connectivity index (χ4n) is 2.87. The largest absolute Gasteiger partial charge is 0.467 e. The van der Waals surface area contributed by atoms with Gasteiger partial charge in [0.2, 0.25) is 0 Å². The fraction of sp³-hybridized carbons (Fsp3) is 0.0417. The Kier molecular flexibility index (Phi) is 7.27. The average Bonchev–Trinajstić information content (AvgIpc) is 3.42. The lowest BCUT2D eigenvalue weighted by atomic mass is 10.2. The van der Waals surface area contributed by atoms with E-state index in [1.54, 1.807) is 36.6 Å². The summed E-state index contributed by atoms with van der Waals surface area (Å²) >= 11 is 13.5. The number of hydrogen-bond donors (Lipinski definition) is 0. The molecule has 1 aliphatic rings. The molecule has 2 aromatic carbocycles. The molecule has 3 aromatic rings. The topological polar surface area (TPSA) is 58.2 Å². The molecule has 0 aliphatic carbocycles. The number of nitrogens with zero attached hydrogens (tertiary/aromatic N) is 3.